The van der Waals surface area contributed by atoms with Gasteiger partial charge in [0.2, 0.25) is 0 Å². The van der Waals surface area contributed by atoms with E-state index in [2.05, 4.69) is 32.7 Å². The van der Waals surface area contributed by atoms with Gasteiger partial charge in [-0.25, -0.2) is 0 Å². The Morgan fingerprint density at radius 1 is 1.33 bits per heavy atom. The lowest BCUT2D eigenvalue weighted by molar-refractivity contribution is 0.347. The predicted molar refractivity (Wildman–Crippen MR) is 75.3 cm³/mol. The lowest BCUT2D eigenvalue weighted by Crippen LogP contribution is -2.35. The standard InChI is InChI=1S/C15H23NO2/c1-6-9-18-14-10-13(17-5)8-7-12(14)11-16-15(2,3)4/h6-8,10,16H,1,9,11H2,2-5H3. The summed E-state index contributed by atoms with van der Waals surface area (Å²) in [6, 6.07) is 5.87. The molecule has 3 nitrogen and oxygen atoms in total. The molecule has 0 saturated heterocycles. The van der Waals surface area contributed by atoms with Crippen molar-refractivity contribution in [3.05, 3.63) is 36.4 Å². The smallest absolute Gasteiger partial charge is 0.127 e. The summed E-state index contributed by atoms with van der Waals surface area (Å²) >= 11 is 0. The van der Waals surface area contributed by atoms with E-state index in [4.69, 9.17) is 9.47 Å². The van der Waals surface area contributed by atoms with E-state index in [1.807, 2.05) is 18.2 Å². The third-order valence-corrected chi connectivity index (χ3v) is 2.44. The molecule has 0 spiro atoms. The molecule has 0 saturated carbocycles. The summed E-state index contributed by atoms with van der Waals surface area (Å²) in [5, 5.41) is 3.45. The number of methoxy groups -OCH3 is 1. The van der Waals surface area contributed by atoms with E-state index in [0.29, 0.717) is 6.61 Å². The second-order valence-corrected chi connectivity index (χ2v) is 5.18. The van der Waals surface area contributed by atoms with Gasteiger partial charge in [0.25, 0.3) is 0 Å². The van der Waals surface area contributed by atoms with Crippen molar-refractivity contribution in [1.29, 1.82) is 0 Å². The molecule has 0 unspecified atom stereocenters. The Morgan fingerprint density at radius 2 is 2.06 bits per heavy atom. The van der Waals surface area contributed by atoms with Crippen LogP contribution in [0.3, 0.4) is 0 Å². The van der Waals surface area contributed by atoms with Crippen LogP contribution in [0.15, 0.2) is 30.9 Å². The lowest BCUT2D eigenvalue weighted by Gasteiger charge is -2.21. The fraction of sp³-hybridized carbons (Fsp3) is 0.467. The van der Waals surface area contributed by atoms with Crippen LogP contribution in [-0.2, 0) is 6.54 Å². The van der Waals surface area contributed by atoms with Crippen molar-refractivity contribution < 1.29 is 9.47 Å². The minimum absolute atomic E-state index is 0.0790. The second kappa shape index (κ2) is 6.45. The maximum atomic E-state index is 5.66. The molecule has 0 heterocycles. The van der Waals surface area contributed by atoms with Crippen molar-refractivity contribution in [1.82, 2.24) is 5.32 Å². The van der Waals surface area contributed by atoms with Crippen LogP contribution in [0.2, 0.25) is 0 Å². The van der Waals surface area contributed by atoms with Crippen LogP contribution in [0.5, 0.6) is 11.5 Å². The largest absolute Gasteiger partial charge is 0.497 e. The normalized spacial score (nSPS) is 11.1. The predicted octanol–water partition coefficient (Wildman–Crippen LogP) is 3.15. The molecule has 0 amide bonds. The zero-order chi connectivity index (χ0) is 13.6. The monoisotopic (exact) mass is 249 g/mol. The van der Waals surface area contributed by atoms with Gasteiger partial charge in [0, 0.05) is 23.7 Å². The number of hydrogen-bond donors (Lipinski definition) is 1. The van der Waals surface area contributed by atoms with Crippen LogP contribution in [-0.4, -0.2) is 19.3 Å². The van der Waals surface area contributed by atoms with E-state index in [1.165, 1.54) is 0 Å². The molecule has 0 bridgehead atoms. The third-order valence-electron chi connectivity index (χ3n) is 2.44. The molecule has 0 fully saturated rings. The van der Waals surface area contributed by atoms with E-state index < -0.39 is 0 Å². The first-order valence-corrected chi connectivity index (χ1v) is 6.12. The molecule has 100 valence electrons. The van der Waals surface area contributed by atoms with Crippen molar-refractivity contribution in [3.63, 3.8) is 0 Å². The third kappa shape index (κ3) is 4.80. The van der Waals surface area contributed by atoms with Crippen molar-refractivity contribution in [2.45, 2.75) is 32.9 Å². The van der Waals surface area contributed by atoms with Gasteiger partial charge in [0.1, 0.15) is 18.1 Å². The van der Waals surface area contributed by atoms with Crippen LogP contribution in [0.4, 0.5) is 0 Å². The molecular weight excluding hydrogens is 226 g/mol. The average Bonchev–Trinajstić information content (AvgIpc) is 2.33. The molecule has 0 aliphatic heterocycles. The summed E-state index contributed by atoms with van der Waals surface area (Å²) in [7, 11) is 1.65. The molecule has 0 aliphatic carbocycles. The SMILES string of the molecule is C=CCOc1cc(OC)ccc1CNC(C)(C)C. The van der Waals surface area contributed by atoms with Crippen molar-refractivity contribution >= 4 is 0 Å². The molecule has 0 atom stereocenters. The van der Waals surface area contributed by atoms with Gasteiger partial charge >= 0.3 is 0 Å². The molecule has 18 heavy (non-hydrogen) atoms. The molecule has 0 radical (unpaired) electrons. The first-order chi connectivity index (χ1) is 8.46. The van der Waals surface area contributed by atoms with E-state index >= 15 is 0 Å². The Labute approximate surface area is 110 Å². The van der Waals surface area contributed by atoms with Crippen LogP contribution < -0.4 is 14.8 Å². The molecule has 3 heteroatoms. The lowest BCUT2D eigenvalue weighted by atomic mass is 10.1. The summed E-state index contributed by atoms with van der Waals surface area (Å²) in [6.45, 7) is 11.3. The fourth-order valence-electron chi connectivity index (χ4n) is 1.45. The Hall–Kier alpha value is -1.48. The Kier molecular flexibility index (Phi) is 5.23. The van der Waals surface area contributed by atoms with Gasteiger partial charge in [0.15, 0.2) is 0 Å². The topological polar surface area (TPSA) is 30.5 Å². The minimum Gasteiger partial charge on any atom is -0.497 e. The second-order valence-electron chi connectivity index (χ2n) is 5.18. The van der Waals surface area contributed by atoms with E-state index in [1.54, 1.807) is 13.2 Å². The highest BCUT2D eigenvalue weighted by Gasteiger charge is 2.11. The summed E-state index contributed by atoms with van der Waals surface area (Å²) in [5.41, 5.74) is 1.20. The molecular formula is C15H23NO2. The van der Waals surface area contributed by atoms with Gasteiger partial charge in [0.05, 0.1) is 7.11 Å². The van der Waals surface area contributed by atoms with Crippen LogP contribution in [0.25, 0.3) is 0 Å². The van der Waals surface area contributed by atoms with E-state index in [9.17, 15) is 0 Å². The van der Waals surface area contributed by atoms with Crippen LogP contribution in [0.1, 0.15) is 26.3 Å². The zero-order valence-corrected chi connectivity index (χ0v) is 11.7. The molecule has 0 aliphatic rings. The number of rotatable bonds is 6. The summed E-state index contributed by atoms with van der Waals surface area (Å²) in [4.78, 5) is 0. The molecule has 1 N–H and O–H groups in total. The first kappa shape index (κ1) is 14.6. The van der Waals surface area contributed by atoms with E-state index in [-0.39, 0.29) is 5.54 Å². The Balaban J connectivity index is 2.84. The summed E-state index contributed by atoms with van der Waals surface area (Å²) < 4.78 is 10.9. The first-order valence-electron chi connectivity index (χ1n) is 6.12. The van der Waals surface area contributed by atoms with Crippen molar-refractivity contribution in [3.8, 4) is 11.5 Å². The number of hydrogen-bond acceptors (Lipinski definition) is 3. The highest BCUT2D eigenvalue weighted by molar-refractivity contribution is 5.40. The Morgan fingerprint density at radius 3 is 2.61 bits per heavy atom. The average molecular weight is 249 g/mol. The number of benzene rings is 1. The minimum atomic E-state index is 0.0790. The summed E-state index contributed by atoms with van der Waals surface area (Å²) in [5.74, 6) is 1.64. The van der Waals surface area contributed by atoms with Gasteiger partial charge in [-0.15, -0.1) is 0 Å². The highest BCUT2D eigenvalue weighted by atomic mass is 16.5. The molecule has 1 rings (SSSR count). The molecule has 1 aromatic carbocycles. The van der Waals surface area contributed by atoms with Crippen LogP contribution >= 0.6 is 0 Å². The van der Waals surface area contributed by atoms with Crippen LogP contribution in [0, 0.1) is 0 Å². The highest BCUT2D eigenvalue weighted by Crippen LogP contribution is 2.25. The van der Waals surface area contributed by atoms with Gasteiger partial charge in [-0.05, 0) is 26.8 Å². The fourth-order valence-corrected chi connectivity index (χ4v) is 1.45. The maximum absolute atomic E-state index is 5.66. The van der Waals surface area contributed by atoms with Crippen molar-refractivity contribution in [2.24, 2.45) is 0 Å². The van der Waals surface area contributed by atoms with Gasteiger partial charge < -0.3 is 14.8 Å². The summed E-state index contributed by atoms with van der Waals surface area (Å²) in [6.07, 6.45) is 1.74. The number of nitrogens with one attached hydrogen (secondary N) is 1. The Bertz CT molecular complexity index is 394. The zero-order valence-electron chi connectivity index (χ0n) is 11.7. The van der Waals surface area contributed by atoms with Crippen molar-refractivity contribution in [2.75, 3.05) is 13.7 Å². The van der Waals surface area contributed by atoms with Gasteiger partial charge in [-0.2, -0.15) is 0 Å². The maximum Gasteiger partial charge on any atom is 0.127 e. The van der Waals surface area contributed by atoms with Gasteiger partial charge in [-0.1, -0.05) is 18.7 Å². The number of ether oxygens (including phenoxy) is 2. The van der Waals surface area contributed by atoms with E-state index in [0.717, 1.165) is 23.6 Å². The molecule has 0 aromatic heterocycles. The van der Waals surface area contributed by atoms with Gasteiger partial charge in [-0.3, -0.25) is 0 Å². The quantitative estimate of drug-likeness (QED) is 0.786. The molecule has 1 aromatic rings.